The highest BCUT2D eigenvalue weighted by atomic mass is 16.2. The minimum absolute atomic E-state index is 0.0585. The Hall–Kier alpha value is -2.95. The molecule has 120 valence electrons. The number of imide groups is 1. The number of hydrogen-bond donors (Lipinski definition) is 0. The van der Waals surface area contributed by atoms with Crippen LogP contribution in [0.5, 0.6) is 0 Å². The Morgan fingerprint density at radius 3 is 2.54 bits per heavy atom. The second kappa shape index (κ2) is 5.03. The van der Waals surface area contributed by atoms with E-state index in [1.54, 1.807) is 17.0 Å². The molecule has 0 aliphatic carbocycles. The molecule has 5 heteroatoms. The molecule has 2 aliphatic rings. The minimum atomic E-state index is -0.362. The topological polar surface area (TPSA) is 57.7 Å². The van der Waals surface area contributed by atoms with Crippen molar-refractivity contribution < 1.29 is 14.4 Å². The largest absolute Gasteiger partial charge is 0.305 e. The summed E-state index contributed by atoms with van der Waals surface area (Å²) < 4.78 is 0. The van der Waals surface area contributed by atoms with Crippen molar-refractivity contribution >= 4 is 23.4 Å². The van der Waals surface area contributed by atoms with E-state index in [1.165, 1.54) is 13.1 Å². The molecular formula is C19H16N2O3. The number of nitrogens with zero attached hydrogens (tertiary/aromatic N) is 2. The van der Waals surface area contributed by atoms with Crippen molar-refractivity contribution in [2.24, 2.45) is 0 Å². The van der Waals surface area contributed by atoms with Gasteiger partial charge in [0, 0.05) is 24.3 Å². The second-order valence-corrected chi connectivity index (χ2v) is 6.29. The van der Waals surface area contributed by atoms with Gasteiger partial charge >= 0.3 is 0 Å². The number of para-hydroxylation sites is 1. The molecule has 24 heavy (non-hydrogen) atoms. The van der Waals surface area contributed by atoms with Crippen molar-refractivity contribution in [1.82, 2.24) is 4.90 Å². The van der Waals surface area contributed by atoms with Gasteiger partial charge in [0.2, 0.25) is 0 Å². The van der Waals surface area contributed by atoms with Gasteiger partial charge in [0.1, 0.15) is 0 Å². The maximum absolute atomic E-state index is 13.0. The Kier molecular flexibility index (Phi) is 3.06. The highest BCUT2D eigenvalue weighted by molar-refractivity contribution is 6.22. The van der Waals surface area contributed by atoms with Crippen molar-refractivity contribution in [1.29, 1.82) is 0 Å². The molecule has 2 aromatic carbocycles. The molecule has 2 aromatic rings. The van der Waals surface area contributed by atoms with E-state index in [0.29, 0.717) is 16.7 Å². The van der Waals surface area contributed by atoms with Crippen molar-refractivity contribution in [2.45, 2.75) is 19.4 Å². The van der Waals surface area contributed by atoms with E-state index in [2.05, 4.69) is 0 Å². The zero-order valence-corrected chi connectivity index (χ0v) is 13.4. The molecule has 2 aliphatic heterocycles. The first kappa shape index (κ1) is 14.6. The first-order valence-electron chi connectivity index (χ1n) is 7.87. The van der Waals surface area contributed by atoms with Gasteiger partial charge in [0.25, 0.3) is 17.7 Å². The highest BCUT2D eigenvalue weighted by Crippen LogP contribution is 2.33. The van der Waals surface area contributed by atoms with Crippen LogP contribution in [0, 0.1) is 0 Å². The van der Waals surface area contributed by atoms with Crippen molar-refractivity contribution in [3.05, 3.63) is 64.7 Å². The molecule has 0 aromatic heterocycles. The number of amides is 3. The Labute approximate surface area is 139 Å². The molecule has 0 spiro atoms. The van der Waals surface area contributed by atoms with Gasteiger partial charge in [-0.15, -0.1) is 0 Å². The van der Waals surface area contributed by atoms with Crippen LogP contribution in [0.25, 0.3) is 0 Å². The molecule has 4 rings (SSSR count). The summed E-state index contributed by atoms with van der Waals surface area (Å²) in [7, 11) is 1.45. The van der Waals surface area contributed by atoms with Gasteiger partial charge in [0.05, 0.1) is 11.1 Å². The van der Waals surface area contributed by atoms with Crippen LogP contribution in [0.15, 0.2) is 42.5 Å². The minimum Gasteiger partial charge on any atom is -0.305 e. The normalized spacial score (nSPS) is 18.8. The van der Waals surface area contributed by atoms with E-state index >= 15 is 0 Å². The van der Waals surface area contributed by atoms with Crippen LogP contribution in [-0.2, 0) is 6.42 Å². The fourth-order valence-corrected chi connectivity index (χ4v) is 3.51. The number of hydrogen-bond acceptors (Lipinski definition) is 3. The molecule has 0 fully saturated rings. The second-order valence-electron chi connectivity index (χ2n) is 6.29. The third-order valence-electron chi connectivity index (χ3n) is 4.76. The van der Waals surface area contributed by atoms with Gasteiger partial charge < -0.3 is 4.90 Å². The molecule has 0 radical (unpaired) electrons. The van der Waals surface area contributed by atoms with Crippen molar-refractivity contribution in [3.8, 4) is 0 Å². The van der Waals surface area contributed by atoms with E-state index in [1.807, 2.05) is 31.2 Å². The lowest BCUT2D eigenvalue weighted by Crippen LogP contribution is -2.35. The standard InChI is InChI=1S/C19H16N2O3/c1-11-9-12-5-3-4-6-16(12)21(11)17(22)13-7-8-14-15(10-13)19(24)20(2)18(14)23/h3-8,10-11H,9H2,1-2H3/t11-/m1/s1. The van der Waals surface area contributed by atoms with Gasteiger partial charge in [-0.25, -0.2) is 0 Å². The summed E-state index contributed by atoms with van der Waals surface area (Å²) in [5.41, 5.74) is 3.14. The zero-order valence-electron chi connectivity index (χ0n) is 13.4. The van der Waals surface area contributed by atoms with Gasteiger partial charge in [-0.05, 0) is 43.2 Å². The third-order valence-corrected chi connectivity index (χ3v) is 4.76. The molecule has 1 atom stereocenters. The maximum Gasteiger partial charge on any atom is 0.261 e. The molecule has 2 heterocycles. The van der Waals surface area contributed by atoms with Crippen LogP contribution in [0.3, 0.4) is 0 Å². The number of benzene rings is 2. The number of carbonyl (C=O) groups excluding carboxylic acids is 3. The highest BCUT2D eigenvalue weighted by Gasteiger charge is 2.35. The van der Waals surface area contributed by atoms with Crippen LogP contribution in [0.2, 0.25) is 0 Å². The van der Waals surface area contributed by atoms with Gasteiger partial charge in [0.15, 0.2) is 0 Å². The summed E-state index contributed by atoms with van der Waals surface area (Å²) >= 11 is 0. The average molecular weight is 320 g/mol. The zero-order chi connectivity index (χ0) is 17.0. The van der Waals surface area contributed by atoms with Gasteiger partial charge in [-0.2, -0.15) is 0 Å². The lowest BCUT2D eigenvalue weighted by molar-refractivity contribution is 0.0693. The SMILES string of the molecule is C[C@@H]1Cc2ccccc2N1C(=O)c1ccc2c(c1)C(=O)N(C)C2=O. The first-order valence-corrected chi connectivity index (χ1v) is 7.87. The summed E-state index contributed by atoms with van der Waals surface area (Å²) in [6, 6.07) is 12.6. The Bertz CT molecular complexity index is 903. The third kappa shape index (κ3) is 1.91. The number of rotatable bonds is 1. The van der Waals surface area contributed by atoms with Crippen LogP contribution in [-0.4, -0.2) is 35.7 Å². The fourth-order valence-electron chi connectivity index (χ4n) is 3.51. The lowest BCUT2D eigenvalue weighted by atomic mass is 10.0. The number of anilines is 1. The lowest BCUT2D eigenvalue weighted by Gasteiger charge is -2.23. The number of carbonyl (C=O) groups is 3. The molecule has 3 amide bonds. The molecular weight excluding hydrogens is 304 g/mol. The first-order chi connectivity index (χ1) is 11.5. The summed E-state index contributed by atoms with van der Waals surface area (Å²) in [4.78, 5) is 40.0. The van der Waals surface area contributed by atoms with Crippen molar-refractivity contribution in [2.75, 3.05) is 11.9 Å². The van der Waals surface area contributed by atoms with E-state index in [4.69, 9.17) is 0 Å². The van der Waals surface area contributed by atoms with E-state index in [0.717, 1.165) is 22.6 Å². The maximum atomic E-state index is 13.0. The monoisotopic (exact) mass is 320 g/mol. The van der Waals surface area contributed by atoms with E-state index in [9.17, 15) is 14.4 Å². The summed E-state index contributed by atoms with van der Waals surface area (Å²) in [5, 5.41) is 0. The van der Waals surface area contributed by atoms with Crippen LogP contribution < -0.4 is 4.90 Å². The molecule has 5 nitrogen and oxygen atoms in total. The molecule has 0 N–H and O–H groups in total. The Balaban J connectivity index is 1.75. The molecule has 0 bridgehead atoms. The van der Waals surface area contributed by atoms with E-state index < -0.39 is 0 Å². The van der Waals surface area contributed by atoms with Crippen LogP contribution in [0.1, 0.15) is 43.6 Å². The van der Waals surface area contributed by atoms with Gasteiger partial charge in [-0.3, -0.25) is 19.3 Å². The smallest absolute Gasteiger partial charge is 0.261 e. The molecule has 0 saturated heterocycles. The number of fused-ring (bicyclic) bond motifs is 2. The Morgan fingerprint density at radius 2 is 1.75 bits per heavy atom. The van der Waals surface area contributed by atoms with E-state index in [-0.39, 0.29) is 23.8 Å². The molecule has 0 saturated carbocycles. The molecule has 0 unspecified atom stereocenters. The predicted molar refractivity (Wildman–Crippen MR) is 89.3 cm³/mol. The summed E-state index contributed by atoms with van der Waals surface area (Å²) in [6.45, 7) is 2.01. The summed E-state index contributed by atoms with van der Waals surface area (Å²) in [5.74, 6) is -0.835. The van der Waals surface area contributed by atoms with Crippen LogP contribution >= 0.6 is 0 Å². The fraction of sp³-hybridized carbons (Fsp3) is 0.211. The van der Waals surface area contributed by atoms with Crippen molar-refractivity contribution in [3.63, 3.8) is 0 Å². The average Bonchev–Trinajstić information content (AvgIpc) is 3.03. The Morgan fingerprint density at radius 1 is 1.04 bits per heavy atom. The predicted octanol–water partition coefficient (Wildman–Crippen LogP) is 2.50. The van der Waals surface area contributed by atoms with Crippen LogP contribution in [0.4, 0.5) is 5.69 Å². The summed E-state index contributed by atoms with van der Waals surface area (Å²) in [6.07, 6.45) is 0.813. The van der Waals surface area contributed by atoms with Gasteiger partial charge in [-0.1, -0.05) is 18.2 Å². The quantitative estimate of drug-likeness (QED) is 0.759.